The maximum absolute atomic E-state index is 12.0. The second kappa shape index (κ2) is 21.1. The monoisotopic (exact) mass is 935 g/mol. The first-order valence-electron chi connectivity index (χ1n) is 14.5. The molecule has 0 saturated heterocycles. The summed E-state index contributed by atoms with van der Waals surface area (Å²) in [6, 6.07) is 12.3. The number of carbonyl (C=O) groups excluding carboxylic acids is 1. The van der Waals surface area contributed by atoms with Crippen LogP contribution in [0.3, 0.4) is 0 Å². The van der Waals surface area contributed by atoms with E-state index in [-0.39, 0.29) is 72.0 Å². The molecule has 0 aliphatic rings. The Balaban J connectivity index is 0.00000450. The van der Waals surface area contributed by atoms with Crippen LogP contribution in [0.15, 0.2) is 95.8 Å². The van der Waals surface area contributed by atoms with Gasteiger partial charge in [0, 0.05) is 46.6 Å². The molecule has 5 rings (SSSR count). The fourth-order valence-electron chi connectivity index (χ4n) is 4.44. The third-order valence-corrected chi connectivity index (χ3v) is 9.64. The second-order valence-electron chi connectivity index (χ2n) is 10.2. The largest absolute Gasteiger partial charge is 0.506 e. The summed E-state index contributed by atoms with van der Waals surface area (Å²) < 4.78 is 51.7. The van der Waals surface area contributed by atoms with Gasteiger partial charge >= 0.3 is 11.9 Å². The van der Waals surface area contributed by atoms with Crippen LogP contribution in [0.4, 0.5) is 22.7 Å². The standard InChI is InChI=1S/C29H22N6O17S4.Cu.H2O/c1-47-20-10-18(19(36)11-21(20)54-48-23(37)12-53-51-49-42)31-32-24-22(55-52-50-43)8-13-2-3-14(9-17(13)27(24)38)30-33-25-26(29(40)41)34-35(28(25)39)15-4-6-16(7-5-15)56(44,45)46;;/h2-11,36,38-39,42-43H,12H2,1H3,(H,40,41)(H,44,45,46);;1H2. The van der Waals surface area contributed by atoms with Crippen molar-refractivity contribution in [1.82, 2.24) is 9.78 Å². The first-order chi connectivity index (χ1) is 26.7. The summed E-state index contributed by atoms with van der Waals surface area (Å²) in [6.45, 7) is 0. The summed E-state index contributed by atoms with van der Waals surface area (Å²) in [5, 5.41) is 86.7. The number of azo groups is 2. The van der Waals surface area contributed by atoms with Crippen molar-refractivity contribution in [2.75, 3.05) is 12.9 Å². The zero-order chi connectivity index (χ0) is 40.6. The van der Waals surface area contributed by atoms with Crippen LogP contribution in [0.25, 0.3) is 16.5 Å². The molecule has 0 saturated carbocycles. The number of carbonyl (C=O) groups is 2. The Labute approximate surface area is 346 Å². The molecule has 0 aliphatic carbocycles. The molecule has 29 heteroatoms. The van der Waals surface area contributed by atoms with Crippen LogP contribution in [-0.4, -0.2) is 84.0 Å². The molecular formula is C29H24CuN6O18S4. The van der Waals surface area contributed by atoms with Gasteiger partial charge in [-0.1, -0.05) is 16.1 Å². The first-order valence-corrected chi connectivity index (χ1v) is 18.4. The van der Waals surface area contributed by atoms with Gasteiger partial charge in [-0.25, -0.2) is 15.3 Å². The van der Waals surface area contributed by atoms with Crippen LogP contribution in [0.1, 0.15) is 10.5 Å². The molecule has 5 aromatic rings. The van der Waals surface area contributed by atoms with E-state index in [0.29, 0.717) is 41.5 Å². The average Bonchev–Trinajstić information content (AvgIpc) is 3.51. The normalized spacial score (nSPS) is 11.4. The van der Waals surface area contributed by atoms with Crippen LogP contribution in [0.2, 0.25) is 0 Å². The minimum absolute atomic E-state index is 0. The fraction of sp³-hybridized carbons (Fsp3) is 0.0690. The third kappa shape index (κ3) is 11.3. The van der Waals surface area contributed by atoms with Gasteiger partial charge in [0.2, 0.25) is 11.6 Å². The Hall–Kier alpha value is -5.11. The topological polar surface area (TPSA) is 364 Å². The van der Waals surface area contributed by atoms with Gasteiger partial charge in [-0.05, 0) is 47.9 Å². The van der Waals surface area contributed by atoms with Crippen molar-refractivity contribution in [3.05, 3.63) is 66.4 Å². The van der Waals surface area contributed by atoms with Gasteiger partial charge in [0.05, 0.1) is 45.2 Å². The molecule has 24 nitrogen and oxygen atoms in total. The van der Waals surface area contributed by atoms with Crippen molar-refractivity contribution < 1.29 is 104 Å². The van der Waals surface area contributed by atoms with E-state index in [4.69, 9.17) is 19.4 Å². The Morgan fingerprint density at radius 1 is 0.862 bits per heavy atom. The van der Waals surface area contributed by atoms with Gasteiger partial charge < -0.3 is 34.8 Å². The summed E-state index contributed by atoms with van der Waals surface area (Å²) in [4.78, 5) is 23.5. The van der Waals surface area contributed by atoms with Crippen molar-refractivity contribution in [2.45, 2.75) is 14.7 Å². The second-order valence-corrected chi connectivity index (χ2v) is 13.8. The Morgan fingerprint density at radius 2 is 1.55 bits per heavy atom. The molecule has 9 N–H and O–H groups in total. The molecule has 0 fully saturated rings. The number of benzene rings is 4. The number of aromatic hydroxyl groups is 3. The van der Waals surface area contributed by atoms with Crippen molar-refractivity contribution in [2.24, 2.45) is 20.5 Å². The fourth-order valence-corrected chi connectivity index (χ4v) is 6.37. The summed E-state index contributed by atoms with van der Waals surface area (Å²) >= 11 is 1.41. The van der Waals surface area contributed by atoms with Crippen molar-refractivity contribution >= 4 is 91.7 Å². The van der Waals surface area contributed by atoms with Crippen molar-refractivity contribution in [3.63, 3.8) is 0 Å². The summed E-state index contributed by atoms with van der Waals surface area (Å²) in [7, 11) is -3.25. The molecule has 0 aliphatic heterocycles. The number of aromatic carboxylic acids is 1. The van der Waals surface area contributed by atoms with E-state index in [1.807, 2.05) is 0 Å². The average molecular weight is 936 g/mol. The predicted octanol–water partition coefficient (Wildman–Crippen LogP) is 6.15. The van der Waals surface area contributed by atoms with E-state index in [1.54, 1.807) is 0 Å². The van der Waals surface area contributed by atoms with Crippen molar-refractivity contribution in [3.8, 4) is 28.8 Å². The van der Waals surface area contributed by atoms with E-state index in [2.05, 4.69) is 44.3 Å². The molecule has 0 unspecified atom stereocenters. The molecule has 1 aromatic heterocycles. The van der Waals surface area contributed by atoms with Gasteiger partial charge in [-0.3, -0.25) is 9.35 Å². The number of aromatic nitrogens is 2. The quantitative estimate of drug-likeness (QED) is 0.0104. The number of fused-ring (bicyclic) bond motifs is 1. The van der Waals surface area contributed by atoms with Crippen LogP contribution in [0, 0.1) is 0 Å². The number of rotatable bonds is 17. The molecule has 1 radical (unpaired) electrons. The molecule has 58 heavy (non-hydrogen) atoms. The molecule has 1 heterocycles. The molecule has 0 spiro atoms. The van der Waals surface area contributed by atoms with Crippen molar-refractivity contribution in [1.29, 1.82) is 0 Å². The molecule has 0 amide bonds. The number of carboxylic acids is 1. The van der Waals surface area contributed by atoms with Gasteiger partial charge in [-0.15, -0.1) is 24.0 Å². The number of carboxylic acid groups (broad SMARTS) is 1. The van der Waals surface area contributed by atoms with Crippen LogP contribution in [-0.2, 0) is 54.9 Å². The maximum Gasteiger partial charge on any atom is 0.358 e. The zero-order valence-corrected chi connectivity index (χ0v) is 32.5. The molecule has 313 valence electrons. The molecule has 0 atom stereocenters. The van der Waals surface area contributed by atoms with E-state index in [1.165, 1.54) is 37.4 Å². The van der Waals surface area contributed by atoms with Crippen LogP contribution >= 0.6 is 36.1 Å². The van der Waals surface area contributed by atoms with E-state index in [0.717, 1.165) is 35.0 Å². The molecule has 0 bridgehead atoms. The smallest absolute Gasteiger partial charge is 0.358 e. The minimum atomic E-state index is -4.53. The predicted molar refractivity (Wildman–Crippen MR) is 194 cm³/mol. The summed E-state index contributed by atoms with van der Waals surface area (Å²) in [5.74, 6) is -4.43. The number of methoxy groups -OCH3 is 1. The summed E-state index contributed by atoms with van der Waals surface area (Å²) in [6.07, 6.45) is 0. The SMILES string of the molecule is COc1cc(N=Nc2c(SOOO)cc3ccc(N=Nc4c(C(=O)O)nn(-c5ccc(S(=O)(=O)O)cc5)c4O)cc3c2O)c(O)cc1SOC(=O)CSOOO.O.[Cu]. The maximum atomic E-state index is 12.0. The summed E-state index contributed by atoms with van der Waals surface area (Å²) in [5.41, 5.74) is -1.71. The zero-order valence-electron chi connectivity index (χ0n) is 28.3. The van der Waals surface area contributed by atoms with Gasteiger partial charge in [-0.2, -0.15) is 23.3 Å². The van der Waals surface area contributed by atoms with Gasteiger partial charge in [0.1, 0.15) is 40.7 Å². The number of hydrogen-bond acceptors (Lipinski definition) is 23. The Bertz CT molecular complexity index is 2460. The van der Waals surface area contributed by atoms with Crippen LogP contribution < -0.4 is 4.74 Å². The molecule has 4 aromatic carbocycles. The van der Waals surface area contributed by atoms with Crippen LogP contribution in [0.5, 0.6) is 23.1 Å². The Morgan fingerprint density at radius 3 is 2.19 bits per heavy atom. The number of hydrogen-bond donors (Lipinski definition) is 7. The minimum Gasteiger partial charge on any atom is -0.506 e. The number of phenols is 2. The van der Waals surface area contributed by atoms with E-state index < -0.39 is 55.7 Å². The van der Waals surface area contributed by atoms with E-state index >= 15 is 0 Å². The van der Waals surface area contributed by atoms with E-state index in [9.17, 15) is 43.0 Å². The van der Waals surface area contributed by atoms with Gasteiger partial charge in [0.25, 0.3) is 10.1 Å². The third-order valence-electron chi connectivity index (χ3n) is 6.87. The molecular weight excluding hydrogens is 912 g/mol. The number of phenolic OH excluding ortho intramolecular Hbond substituents is 2. The first kappa shape index (κ1) is 47.3. The Kier molecular flexibility index (Phi) is 17.2. The number of nitrogens with zero attached hydrogens (tertiary/aromatic N) is 6. The van der Waals surface area contributed by atoms with Gasteiger partial charge in [0.15, 0.2) is 11.4 Å². The number of ether oxygens (including phenoxy) is 1.